The Hall–Kier alpha value is 0.270. The molecule has 3 heteroatoms. The second kappa shape index (κ2) is 10.1. The summed E-state index contributed by atoms with van der Waals surface area (Å²) in [6, 6.07) is 0.713. The fourth-order valence-corrected chi connectivity index (χ4v) is 3.31. The van der Waals surface area contributed by atoms with Gasteiger partial charge in [-0.15, -0.1) is 0 Å². The molecule has 0 aromatic rings. The van der Waals surface area contributed by atoms with Gasteiger partial charge in [-0.3, -0.25) is 0 Å². The van der Waals surface area contributed by atoms with E-state index in [4.69, 9.17) is 0 Å². The molecule has 18 heavy (non-hydrogen) atoms. The lowest BCUT2D eigenvalue weighted by molar-refractivity contribution is 0.169. The molecule has 1 rings (SSSR count). The van der Waals surface area contributed by atoms with Gasteiger partial charge in [0.1, 0.15) is 0 Å². The maximum atomic E-state index is 3.74. The SMILES string of the molecule is CCN1CCC(C(C)NCCCCCSC)CC1. The number of likely N-dealkylation sites (tertiary alicyclic amines) is 1. The predicted octanol–water partition coefficient (Wildman–Crippen LogP) is 3.23. The first-order valence-electron chi connectivity index (χ1n) is 7.72. The summed E-state index contributed by atoms with van der Waals surface area (Å²) in [5.74, 6) is 2.23. The molecule has 1 N–H and O–H groups in total. The Bertz CT molecular complexity index is 191. The van der Waals surface area contributed by atoms with Crippen molar-refractivity contribution in [3.05, 3.63) is 0 Å². The van der Waals surface area contributed by atoms with Gasteiger partial charge < -0.3 is 10.2 Å². The van der Waals surface area contributed by atoms with Crippen LogP contribution in [-0.4, -0.2) is 49.1 Å². The highest BCUT2D eigenvalue weighted by Crippen LogP contribution is 2.20. The molecule has 0 aromatic carbocycles. The molecule has 0 bridgehead atoms. The van der Waals surface area contributed by atoms with Gasteiger partial charge >= 0.3 is 0 Å². The van der Waals surface area contributed by atoms with Gasteiger partial charge in [0, 0.05) is 6.04 Å². The molecule has 0 aromatic heterocycles. The van der Waals surface area contributed by atoms with E-state index in [0.29, 0.717) is 6.04 Å². The molecule has 1 heterocycles. The summed E-state index contributed by atoms with van der Waals surface area (Å²) in [5, 5.41) is 3.74. The van der Waals surface area contributed by atoms with E-state index in [1.807, 2.05) is 11.8 Å². The summed E-state index contributed by atoms with van der Waals surface area (Å²) in [6.45, 7) is 9.71. The van der Waals surface area contributed by atoms with Gasteiger partial charge in [-0.1, -0.05) is 13.3 Å². The predicted molar refractivity (Wildman–Crippen MR) is 84.5 cm³/mol. The van der Waals surface area contributed by atoms with Gasteiger partial charge in [0.15, 0.2) is 0 Å². The number of rotatable bonds is 9. The molecule has 0 aliphatic carbocycles. The van der Waals surface area contributed by atoms with Gasteiger partial charge in [0.05, 0.1) is 0 Å². The average molecular weight is 273 g/mol. The van der Waals surface area contributed by atoms with E-state index in [9.17, 15) is 0 Å². The number of thioether (sulfide) groups is 1. The van der Waals surface area contributed by atoms with Crippen LogP contribution in [0.1, 0.15) is 46.0 Å². The van der Waals surface area contributed by atoms with Gasteiger partial charge in [-0.05, 0) is 76.7 Å². The molecule has 108 valence electrons. The first-order valence-corrected chi connectivity index (χ1v) is 9.12. The van der Waals surface area contributed by atoms with Crippen molar-refractivity contribution in [2.75, 3.05) is 38.2 Å². The monoisotopic (exact) mass is 272 g/mol. The van der Waals surface area contributed by atoms with E-state index in [1.54, 1.807) is 0 Å². The van der Waals surface area contributed by atoms with Crippen LogP contribution < -0.4 is 5.32 Å². The molecule has 1 aliphatic rings. The minimum absolute atomic E-state index is 0.713. The summed E-state index contributed by atoms with van der Waals surface area (Å²) in [7, 11) is 0. The summed E-state index contributed by atoms with van der Waals surface area (Å²) in [5.41, 5.74) is 0. The van der Waals surface area contributed by atoms with E-state index < -0.39 is 0 Å². The minimum atomic E-state index is 0.713. The Kier molecular flexibility index (Phi) is 9.16. The molecule has 0 saturated carbocycles. The topological polar surface area (TPSA) is 15.3 Å². The number of hydrogen-bond donors (Lipinski definition) is 1. The lowest BCUT2D eigenvalue weighted by atomic mass is 9.90. The fourth-order valence-electron chi connectivity index (χ4n) is 2.81. The maximum Gasteiger partial charge on any atom is 0.00679 e. The Balaban J connectivity index is 2.01. The highest BCUT2D eigenvalue weighted by atomic mass is 32.2. The minimum Gasteiger partial charge on any atom is -0.314 e. The first-order chi connectivity index (χ1) is 8.77. The molecule has 0 amide bonds. The average Bonchev–Trinajstić information content (AvgIpc) is 2.42. The highest BCUT2D eigenvalue weighted by Gasteiger charge is 2.22. The molecule has 0 radical (unpaired) electrons. The van der Waals surface area contributed by atoms with Crippen molar-refractivity contribution in [2.45, 2.75) is 52.0 Å². The number of nitrogens with zero attached hydrogens (tertiary/aromatic N) is 1. The van der Waals surface area contributed by atoms with Crippen LogP contribution in [0.25, 0.3) is 0 Å². The van der Waals surface area contributed by atoms with Crippen molar-refractivity contribution in [1.29, 1.82) is 0 Å². The standard InChI is InChI=1S/C15H32N2S/c1-4-17-11-8-15(9-12-17)14(2)16-10-6-5-7-13-18-3/h14-16H,4-13H2,1-3H3. The molecular weight excluding hydrogens is 240 g/mol. The third kappa shape index (κ3) is 6.44. The first kappa shape index (κ1) is 16.3. The Labute approximate surface area is 118 Å². The number of hydrogen-bond acceptors (Lipinski definition) is 3. The lowest BCUT2D eigenvalue weighted by Crippen LogP contribution is -2.42. The van der Waals surface area contributed by atoms with Crippen molar-refractivity contribution in [1.82, 2.24) is 10.2 Å². The molecule has 1 unspecified atom stereocenters. The molecule has 0 spiro atoms. The normalized spacial score (nSPS) is 20.2. The maximum absolute atomic E-state index is 3.74. The van der Waals surface area contributed by atoms with Gasteiger partial charge in [0.25, 0.3) is 0 Å². The van der Waals surface area contributed by atoms with Crippen LogP contribution in [0.15, 0.2) is 0 Å². The van der Waals surface area contributed by atoms with Crippen molar-refractivity contribution >= 4 is 11.8 Å². The van der Waals surface area contributed by atoms with Crippen molar-refractivity contribution in [2.24, 2.45) is 5.92 Å². The van der Waals surface area contributed by atoms with Crippen LogP contribution >= 0.6 is 11.8 Å². The third-order valence-electron chi connectivity index (χ3n) is 4.28. The summed E-state index contributed by atoms with van der Waals surface area (Å²) in [6.07, 6.45) is 9.08. The van der Waals surface area contributed by atoms with Crippen LogP contribution in [-0.2, 0) is 0 Å². The van der Waals surface area contributed by atoms with Crippen LogP contribution in [0.5, 0.6) is 0 Å². The van der Waals surface area contributed by atoms with Crippen LogP contribution in [0, 0.1) is 5.92 Å². The zero-order valence-corrected chi connectivity index (χ0v) is 13.4. The molecular formula is C15H32N2S. The van der Waals surface area contributed by atoms with Crippen LogP contribution in [0.3, 0.4) is 0 Å². The molecule has 1 saturated heterocycles. The zero-order chi connectivity index (χ0) is 13.2. The molecule has 1 atom stereocenters. The van der Waals surface area contributed by atoms with Gasteiger partial charge in [-0.2, -0.15) is 11.8 Å². The Morgan fingerprint density at radius 2 is 1.94 bits per heavy atom. The number of nitrogens with one attached hydrogen (secondary N) is 1. The van der Waals surface area contributed by atoms with E-state index in [-0.39, 0.29) is 0 Å². The Morgan fingerprint density at radius 1 is 1.22 bits per heavy atom. The smallest absolute Gasteiger partial charge is 0.00679 e. The second-order valence-corrected chi connectivity index (χ2v) is 6.55. The fraction of sp³-hybridized carbons (Fsp3) is 1.00. The van der Waals surface area contributed by atoms with Crippen molar-refractivity contribution in [3.63, 3.8) is 0 Å². The summed E-state index contributed by atoms with van der Waals surface area (Å²) >= 11 is 1.97. The van der Waals surface area contributed by atoms with E-state index in [0.717, 1.165) is 5.92 Å². The molecule has 1 fully saturated rings. The van der Waals surface area contributed by atoms with Gasteiger partial charge in [0.2, 0.25) is 0 Å². The highest BCUT2D eigenvalue weighted by molar-refractivity contribution is 7.98. The summed E-state index contributed by atoms with van der Waals surface area (Å²) < 4.78 is 0. The summed E-state index contributed by atoms with van der Waals surface area (Å²) in [4.78, 5) is 2.58. The van der Waals surface area contributed by atoms with Gasteiger partial charge in [-0.25, -0.2) is 0 Å². The van der Waals surface area contributed by atoms with E-state index in [1.165, 1.54) is 64.0 Å². The van der Waals surface area contributed by atoms with Crippen LogP contribution in [0.4, 0.5) is 0 Å². The zero-order valence-electron chi connectivity index (χ0n) is 12.6. The molecule has 2 nitrogen and oxygen atoms in total. The Morgan fingerprint density at radius 3 is 2.56 bits per heavy atom. The number of unbranched alkanes of at least 4 members (excludes halogenated alkanes) is 2. The quantitative estimate of drug-likeness (QED) is 0.649. The van der Waals surface area contributed by atoms with E-state index >= 15 is 0 Å². The second-order valence-electron chi connectivity index (χ2n) is 5.57. The number of piperidine rings is 1. The van der Waals surface area contributed by atoms with Crippen molar-refractivity contribution in [3.8, 4) is 0 Å². The van der Waals surface area contributed by atoms with E-state index in [2.05, 4.69) is 30.3 Å². The molecule has 1 aliphatic heterocycles. The van der Waals surface area contributed by atoms with Crippen molar-refractivity contribution < 1.29 is 0 Å². The van der Waals surface area contributed by atoms with Crippen LogP contribution in [0.2, 0.25) is 0 Å². The third-order valence-corrected chi connectivity index (χ3v) is 4.98. The lowest BCUT2D eigenvalue weighted by Gasteiger charge is -2.34. The largest absolute Gasteiger partial charge is 0.314 e.